The Bertz CT molecular complexity index is 632. The van der Waals surface area contributed by atoms with Gasteiger partial charge in [0, 0.05) is 12.6 Å². The van der Waals surface area contributed by atoms with E-state index in [-0.39, 0.29) is 6.42 Å². The second-order valence-electron chi connectivity index (χ2n) is 4.63. The number of nitrogens with zero attached hydrogens (tertiary/aromatic N) is 2. The number of aromatic nitrogens is 2. The fourth-order valence-corrected chi connectivity index (χ4v) is 2.16. The van der Waals surface area contributed by atoms with Gasteiger partial charge in [-0.25, -0.2) is 0 Å². The Kier molecular flexibility index (Phi) is 4.08. The first-order valence-electron chi connectivity index (χ1n) is 6.49. The molecule has 5 heteroatoms. The van der Waals surface area contributed by atoms with Crippen molar-refractivity contribution in [2.24, 2.45) is 7.05 Å². The van der Waals surface area contributed by atoms with Gasteiger partial charge in [-0.05, 0) is 43.7 Å². The zero-order chi connectivity index (χ0) is 14.7. The number of aliphatic carboxylic acids is 1. The van der Waals surface area contributed by atoms with E-state index in [1.165, 1.54) is 0 Å². The Hall–Kier alpha value is -2.30. The maximum atomic E-state index is 10.7. The monoisotopic (exact) mass is 274 g/mol. The van der Waals surface area contributed by atoms with Gasteiger partial charge in [-0.1, -0.05) is 0 Å². The zero-order valence-corrected chi connectivity index (χ0v) is 11.9. The van der Waals surface area contributed by atoms with Gasteiger partial charge < -0.3 is 9.84 Å². The third-order valence-electron chi connectivity index (χ3n) is 3.03. The van der Waals surface area contributed by atoms with Gasteiger partial charge in [-0.15, -0.1) is 0 Å². The number of carboxylic acids is 1. The van der Waals surface area contributed by atoms with E-state index in [0.29, 0.717) is 12.3 Å². The molecule has 1 heterocycles. The minimum atomic E-state index is -0.877. The number of benzene rings is 1. The van der Waals surface area contributed by atoms with Crippen LogP contribution >= 0.6 is 0 Å². The molecule has 106 valence electrons. The van der Waals surface area contributed by atoms with Crippen molar-refractivity contribution < 1.29 is 14.6 Å². The molecule has 1 aromatic heterocycles. The van der Waals surface area contributed by atoms with E-state index < -0.39 is 5.97 Å². The lowest BCUT2D eigenvalue weighted by molar-refractivity contribution is -0.136. The number of carbonyl (C=O) groups is 1. The van der Waals surface area contributed by atoms with Crippen LogP contribution in [0.1, 0.15) is 18.2 Å². The summed E-state index contributed by atoms with van der Waals surface area (Å²) in [6.45, 7) is 4.57. The molecule has 0 unspecified atom stereocenters. The summed E-state index contributed by atoms with van der Waals surface area (Å²) in [4.78, 5) is 10.7. The molecule has 0 saturated carbocycles. The highest BCUT2D eigenvalue weighted by atomic mass is 16.5. The van der Waals surface area contributed by atoms with Crippen LogP contribution in [0.4, 0.5) is 0 Å². The molecule has 0 fully saturated rings. The average Bonchev–Trinajstić information content (AvgIpc) is 2.72. The first-order valence-corrected chi connectivity index (χ1v) is 6.49. The lowest BCUT2D eigenvalue weighted by atomic mass is 10.1. The zero-order valence-electron chi connectivity index (χ0n) is 11.9. The maximum absolute atomic E-state index is 10.7. The van der Waals surface area contributed by atoms with E-state index in [4.69, 9.17) is 9.84 Å². The summed E-state index contributed by atoms with van der Waals surface area (Å²) in [5, 5.41) is 13.0. The van der Waals surface area contributed by atoms with Gasteiger partial charge in [-0.3, -0.25) is 9.48 Å². The first kappa shape index (κ1) is 14.1. The van der Waals surface area contributed by atoms with Crippen LogP contribution in [0.15, 0.2) is 24.3 Å². The molecule has 5 nitrogen and oxygen atoms in total. The molecule has 0 bridgehead atoms. The minimum Gasteiger partial charge on any atom is -0.494 e. The van der Waals surface area contributed by atoms with E-state index in [2.05, 4.69) is 5.10 Å². The van der Waals surface area contributed by atoms with Crippen LogP contribution in [0, 0.1) is 6.92 Å². The predicted octanol–water partition coefficient (Wildman–Crippen LogP) is 2.42. The van der Waals surface area contributed by atoms with Crippen LogP contribution in [-0.2, 0) is 18.3 Å². The molecule has 20 heavy (non-hydrogen) atoms. The Balaban J connectivity index is 2.34. The lowest BCUT2D eigenvalue weighted by Crippen LogP contribution is -2.01. The van der Waals surface area contributed by atoms with Crippen LogP contribution < -0.4 is 4.74 Å². The molecule has 0 saturated heterocycles. The molecule has 0 atom stereocenters. The highest BCUT2D eigenvalue weighted by molar-refractivity contribution is 5.71. The Morgan fingerprint density at radius 1 is 1.40 bits per heavy atom. The van der Waals surface area contributed by atoms with E-state index in [9.17, 15) is 4.79 Å². The highest BCUT2D eigenvalue weighted by Crippen LogP contribution is 2.26. The first-order chi connectivity index (χ1) is 9.51. The maximum Gasteiger partial charge on any atom is 0.309 e. The highest BCUT2D eigenvalue weighted by Gasteiger charge is 2.11. The fraction of sp³-hybridized carbons (Fsp3) is 0.333. The largest absolute Gasteiger partial charge is 0.494 e. The van der Waals surface area contributed by atoms with Crippen LogP contribution in [0.25, 0.3) is 11.3 Å². The Morgan fingerprint density at radius 2 is 2.15 bits per heavy atom. The van der Waals surface area contributed by atoms with E-state index in [1.54, 1.807) is 4.68 Å². The molecule has 0 spiro atoms. The van der Waals surface area contributed by atoms with Crippen LogP contribution in [-0.4, -0.2) is 27.5 Å². The van der Waals surface area contributed by atoms with Crippen molar-refractivity contribution in [2.75, 3.05) is 6.61 Å². The third-order valence-corrected chi connectivity index (χ3v) is 3.03. The van der Waals surface area contributed by atoms with Crippen molar-refractivity contribution in [3.05, 3.63) is 35.5 Å². The topological polar surface area (TPSA) is 64.3 Å². The summed E-state index contributed by atoms with van der Waals surface area (Å²) < 4.78 is 7.22. The van der Waals surface area contributed by atoms with Crippen molar-refractivity contribution in [1.82, 2.24) is 9.78 Å². The van der Waals surface area contributed by atoms with E-state index in [1.807, 2.05) is 45.2 Å². The molecule has 0 aliphatic heterocycles. The molecule has 0 aliphatic rings. The van der Waals surface area contributed by atoms with Crippen molar-refractivity contribution in [3.8, 4) is 17.0 Å². The van der Waals surface area contributed by atoms with Crippen molar-refractivity contribution in [1.29, 1.82) is 0 Å². The summed E-state index contributed by atoms with van der Waals surface area (Å²) in [5.74, 6) is -0.0123. The molecular formula is C15H18N2O3. The molecule has 0 aliphatic carbocycles. The van der Waals surface area contributed by atoms with Crippen LogP contribution in [0.5, 0.6) is 5.75 Å². The predicted molar refractivity (Wildman–Crippen MR) is 75.9 cm³/mol. The second kappa shape index (κ2) is 5.77. The number of rotatable bonds is 5. The molecule has 1 N–H and O–H groups in total. The second-order valence-corrected chi connectivity index (χ2v) is 4.63. The molecule has 2 rings (SSSR count). The summed E-state index contributed by atoms with van der Waals surface area (Å²) in [6.07, 6.45) is -0.0656. The molecule has 0 amide bonds. The molecule has 0 radical (unpaired) electrons. The Labute approximate surface area is 117 Å². The standard InChI is InChI=1S/C15H18N2O3/c1-4-20-14-6-5-11(7-10(14)2)13-8-12(9-15(18)19)16-17(13)3/h5-8H,4,9H2,1-3H3,(H,18,19). The number of hydrogen-bond donors (Lipinski definition) is 1. The molecular weight excluding hydrogens is 256 g/mol. The van der Waals surface area contributed by atoms with Crippen LogP contribution in [0.2, 0.25) is 0 Å². The number of aryl methyl sites for hydroxylation is 2. The van der Waals surface area contributed by atoms with Gasteiger partial charge in [0.05, 0.1) is 24.4 Å². The Morgan fingerprint density at radius 3 is 2.75 bits per heavy atom. The third kappa shape index (κ3) is 2.99. The van der Waals surface area contributed by atoms with Gasteiger partial charge in [-0.2, -0.15) is 5.10 Å². The van der Waals surface area contributed by atoms with Gasteiger partial charge >= 0.3 is 5.97 Å². The quantitative estimate of drug-likeness (QED) is 0.909. The number of hydrogen-bond acceptors (Lipinski definition) is 3. The fourth-order valence-electron chi connectivity index (χ4n) is 2.16. The van der Waals surface area contributed by atoms with Crippen molar-refractivity contribution >= 4 is 5.97 Å². The van der Waals surface area contributed by atoms with Crippen molar-refractivity contribution in [2.45, 2.75) is 20.3 Å². The van der Waals surface area contributed by atoms with Crippen LogP contribution in [0.3, 0.4) is 0 Å². The smallest absolute Gasteiger partial charge is 0.309 e. The summed E-state index contributed by atoms with van der Waals surface area (Å²) in [5.41, 5.74) is 3.50. The average molecular weight is 274 g/mol. The van der Waals surface area contributed by atoms with Gasteiger partial charge in [0.25, 0.3) is 0 Å². The molecule has 1 aromatic carbocycles. The molecule has 2 aromatic rings. The number of carboxylic acid groups (broad SMARTS) is 1. The number of ether oxygens (including phenoxy) is 1. The van der Waals surface area contributed by atoms with Gasteiger partial charge in [0.15, 0.2) is 0 Å². The normalized spacial score (nSPS) is 10.6. The summed E-state index contributed by atoms with van der Waals surface area (Å²) in [6, 6.07) is 7.72. The van der Waals surface area contributed by atoms with E-state index >= 15 is 0 Å². The summed E-state index contributed by atoms with van der Waals surface area (Å²) >= 11 is 0. The SMILES string of the molecule is CCOc1ccc(-c2cc(CC(=O)O)nn2C)cc1C. The minimum absolute atomic E-state index is 0.0656. The van der Waals surface area contributed by atoms with Crippen molar-refractivity contribution in [3.63, 3.8) is 0 Å². The van der Waals surface area contributed by atoms with E-state index in [0.717, 1.165) is 22.6 Å². The lowest BCUT2D eigenvalue weighted by Gasteiger charge is -2.09. The van der Waals surface area contributed by atoms with Gasteiger partial charge in [0.1, 0.15) is 5.75 Å². The van der Waals surface area contributed by atoms with Gasteiger partial charge in [0.2, 0.25) is 0 Å². The summed E-state index contributed by atoms with van der Waals surface area (Å²) in [7, 11) is 1.81.